The molecular formula is C21H23N3O3. The number of H-pyrrole nitrogens is 1. The van der Waals surface area contributed by atoms with Gasteiger partial charge in [-0.05, 0) is 48.4 Å². The number of rotatable bonds is 7. The first-order valence-corrected chi connectivity index (χ1v) is 8.79. The Bertz CT molecular complexity index is 899. The second kappa shape index (κ2) is 8.40. The van der Waals surface area contributed by atoms with Crippen LogP contribution in [-0.4, -0.2) is 30.3 Å². The molecule has 2 aromatic carbocycles. The molecule has 140 valence electrons. The van der Waals surface area contributed by atoms with E-state index < -0.39 is 0 Å². The smallest absolute Gasteiger partial charge is 0.228 e. The second-order valence-corrected chi connectivity index (χ2v) is 6.08. The van der Waals surface area contributed by atoms with Crippen molar-refractivity contribution in [1.29, 1.82) is 0 Å². The molecular weight excluding hydrogens is 342 g/mol. The topological polar surface area (TPSA) is 76.2 Å². The van der Waals surface area contributed by atoms with Gasteiger partial charge in [0.15, 0.2) is 0 Å². The fraction of sp³-hybridized carbons (Fsp3) is 0.238. The van der Waals surface area contributed by atoms with Crippen molar-refractivity contribution in [2.24, 2.45) is 0 Å². The molecule has 1 heterocycles. The van der Waals surface area contributed by atoms with Crippen molar-refractivity contribution in [3.05, 3.63) is 59.8 Å². The Morgan fingerprint density at radius 1 is 1.00 bits per heavy atom. The third kappa shape index (κ3) is 4.28. The van der Waals surface area contributed by atoms with Crippen LogP contribution in [0.25, 0.3) is 11.3 Å². The van der Waals surface area contributed by atoms with Gasteiger partial charge in [0.05, 0.1) is 32.0 Å². The van der Waals surface area contributed by atoms with Crippen molar-refractivity contribution < 1.29 is 14.3 Å². The number of anilines is 1. The molecule has 0 aliphatic heterocycles. The van der Waals surface area contributed by atoms with Crippen molar-refractivity contribution in [1.82, 2.24) is 10.2 Å². The van der Waals surface area contributed by atoms with Gasteiger partial charge in [-0.2, -0.15) is 5.10 Å². The van der Waals surface area contributed by atoms with E-state index in [2.05, 4.69) is 15.5 Å². The Hall–Kier alpha value is -3.28. The first kappa shape index (κ1) is 18.5. The molecule has 3 rings (SSSR count). The fourth-order valence-corrected chi connectivity index (χ4v) is 2.84. The number of aromatic amines is 1. The van der Waals surface area contributed by atoms with E-state index in [9.17, 15) is 4.79 Å². The normalized spacial score (nSPS) is 10.5. The maximum absolute atomic E-state index is 12.6. The molecule has 0 saturated heterocycles. The Kier molecular flexibility index (Phi) is 5.76. The van der Waals surface area contributed by atoms with Crippen LogP contribution in [0.2, 0.25) is 0 Å². The summed E-state index contributed by atoms with van der Waals surface area (Å²) in [6.45, 7) is 2.02. The number of nitrogens with one attached hydrogen (secondary N) is 2. The van der Waals surface area contributed by atoms with Crippen LogP contribution >= 0.6 is 0 Å². The molecule has 0 spiro atoms. The number of hydrogen-bond donors (Lipinski definition) is 2. The van der Waals surface area contributed by atoms with E-state index >= 15 is 0 Å². The number of aryl methyl sites for hydroxylation is 1. The fourth-order valence-electron chi connectivity index (χ4n) is 2.84. The number of benzene rings is 2. The summed E-state index contributed by atoms with van der Waals surface area (Å²) in [6.07, 6.45) is 1.02. The summed E-state index contributed by atoms with van der Waals surface area (Å²) >= 11 is 0. The van der Waals surface area contributed by atoms with Crippen molar-refractivity contribution >= 4 is 11.6 Å². The lowest BCUT2D eigenvalue weighted by Crippen LogP contribution is -2.15. The minimum absolute atomic E-state index is 0.0916. The second-order valence-electron chi connectivity index (χ2n) is 6.08. The number of hydrogen-bond acceptors (Lipinski definition) is 4. The standard InChI is InChI=1S/C21H23N3O3/c1-4-18-21(20(24-23-18)15-7-11-17(27-3)12-8-15)22-19(25)13-14-5-9-16(26-2)10-6-14/h5-12H,4,13H2,1-3H3,(H,22,25)(H,23,24). The quantitative estimate of drug-likeness (QED) is 0.667. The lowest BCUT2D eigenvalue weighted by atomic mass is 10.1. The van der Waals surface area contributed by atoms with Crippen LogP contribution < -0.4 is 14.8 Å². The summed E-state index contributed by atoms with van der Waals surface area (Å²) in [5.41, 5.74) is 4.16. The molecule has 6 heteroatoms. The lowest BCUT2D eigenvalue weighted by Gasteiger charge is -2.09. The molecule has 27 heavy (non-hydrogen) atoms. The molecule has 0 aliphatic carbocycles. The van der Waals surface area contributed by atoms with Gasteiger partial charge in [-0.25, -0.2) is 0 Å². The summed E-state index contributed by atoms with van der Waals surface area (Å²) in [5, 5.41) is 10.4. The van der Waals surface area contributed by atoms with E-state index in [0.29, 0.717) is 0 Å². The maximum atomic E-state index is 12.6. The number of carbonyl (C=O) groups excluding carboxylic acids is 1. The number of nitrogens with zero attached hydrogens (tertiary/aromatic N) is 1. The van der Waals surface area contributed by atoms with Gasteiger partial charge >= 0.3 is 0 Å². The Morgan fingerprint density at radius 2 is 1.59 bits per heavy atom. The average Bonchev–Trinajstić information content (AvgIpc) is 3.11. The highest BCUT2D eigenvalue weighted by Gasteiger charge is 2.16. The highest BCUT2D eigenvalue weighted by atomic mass is 16.5. The number of methoxy groups -OCH3 is 2. The zero-order valence-corrected chi connectivity index (χ0v) is 15.7. The molecule has 3 aromatic rings. The predicted molar refractivity (Wildman–Crippen MR) is 105 cm³/mol. The van der Waals surface area contributed by atoms with Crippen LogP contribution in [0.4, 0.5) is 5.69 Å². The van der Waals surface area contributed by atoms with Gasteiger partial charge in [0.2, 0.25) is 5.91 Å². The largest absolute Gasteiger partial charge is 0.497 e. The highest BCUT2D eigenvalue weighted by Crippen LogP contribution is 2.30. The van der Waals surface area contributed by atoms with Crippen LogP contribution in [0.3, 0.4) is 0 Å². The van der Waals surface area contributed by atoms with Gasteiger partial charge in [-0.15, -0.1) is 0 Å². The minimum atomic E-state index is -0.0916. The van der Waals surface area contributed by atoms with E-state index in [1.54, 1.807) is 14.2 Å². The van der Waals surface area contributed by atoms with Gasteiger partial charge < -0.3 is 14.8 Å². The zero-order valence-electron chi connectivity index (χ0n) is 15.7. The number of ether oxygens (including phenoxy) is 2. The van der Waals surface area contributed by atoms with Crippen molar-refractivity contribution in [3.8, 4) is 22.8 Å². The van der Waals surface area contributed by atoms with E-state index in [1.165, 1.54) is 0 Å². The third-order valence-electron chi connectivity index (χ3n) is 4.35. The van der Waals surface area contributed by atoms with Gasteiger partial charge in [0.1, 0.15) is 17.2 Å². The van der Waals surface area contributed by atoms with E-state index in [-0.39, 0.29) is 12.3 Å². The maximum Gasteiger partial charge on any atom is 0.228 e. The van der Waals surface area contributed by atoms with Crippen LogP contribution in [0.15, 0.2) is 48.5 Å². The zero-order chi connectivity index (χ0) is 19.2. The molecule has 0 fully saturated rings. The van der Waals surface area contributed by atoms with Crippen LogP contribution in [0.1, 0.15) is 18.2 Å². The number of carbonyl (C=O) groups is 1. The molecule has 1 aromatic heterocycles. The Morgan fingerprint density at radius 3 is 2.15 bits per heavy atom. The summed E-state index contributed by atoms with van der Waals surface area (Å²) in [7, 11) is 3.25. The summed E-state index contributed by atoms with van der Waals surface area (Å²) in [5.74, 6) is 1.45. The van der Waals surface area contributed by atoms with Crippen LogP contribution in [0, 0.1) is 0 Å². The number of amides is 1. The summed E-state index contributed by atoms with van der Waals surface area (Å²) in [4.78, 5) is 12.6. The molecule has 0 atom stereocenters. The highest BCUT2D eigenvalue weighted by molar-refractivity contribution is 5.96. The van der Waals surface area contributed by atoms with E-state index in [0.717, 1.165) is 46.1 Å². The Labute approximate surface area is 158 Å². The van der Waals surface area contributed by atoms with Crippen molar-refractivity contribution in [2.45, 2.75) is 19.8 Å². The average molecular weight is 365 g/mol. The van der Waals surface area contributed by atoms with Crippen LogP contribution in [0.5, 0.6) is 11.5 Å². The van der Waals surface area contributed by atoms with Crippen molar-refractivity contribution in [2.75, 3.05) is 19.5 Å². The molecule has 1 amide bonds. The summed E-state index contributed by atoms with van der Waals surface area (Å²) < 4.78 is 10.4. The molecule has 0 bridgehead atoms. The van der Waals surface area contributed by atoms with Gasteiger partial charge in [0.25, 0.3) is 0 Å². The SMILES string of the molecule is CCc1[nH]nc(-c2ccc(OC)cc2)c1NC(=O)Cc1ccc(OC)cc1. The first-order valence-electron chi connectivity index (χ1n) is 8.79. The number of aromatic nitrogens is 2. The molecule has 0 radical (unpaired) electrons. The third-order valence-corrected chi connectivity index (χ3v) is 4.35. The van der Waals surface area contributed by atoms with E-state index in [4.69, 9.17) is 9.47 Å². The lowest BCUT2D eigenvalue weighted by molar-refractivity contribution is -0.115. The van der Waals surface area contributed by atoms with Crippen molar-refractivity contribution in [3.63, 3.8) is 0 Å². The monoisotopic (exact) mass is 365 g/mol. The van der Waals surface area contributed by atoms with Gasteiger partial charge in [0, 0.05) is 5.56 Å². The van der Waals surface area contributed by atoms with Gasteiger partial charge in [-0.1, -0.05) is 19.1 Å². The molecule has 6 nitrogen and oxygen atoms in total. The summed E-state index contributed by atoms with van der Waals surface area (Å²) in [6, 6.07) is 15.1. The first-order chi connectivity index (χ1) is 13.1. The van der Waals surface area contributed by atoms with E-state index in [1.807, 2.05) is 55.5 Å². The minimum Gasteiger partial charge on any atom is -0.497 e. The molecule has 0 aliphatic rings. The molecule has 2 N–H and O–H groups in total. The predicted octanol–water partition coefficient (Wildman–Crippen LogP) is 3.84. The Balaban J connectivity index is 1.80. The van der Waals surface area contributed by atoms with Crippen LogP contribution in [-0.2, 0) is 17.6 Å². The molecule has 0 saturated carbocycles. The van der Waals surface area contributed by atoms with Gasteiger partial charge in [-0.3, -0.25) is 9.89 Å². The molecule has 0 unspecified atom stereocenters.